The van der Waals surface area contributed by atoms with Crippen LogP contribution in [0.15, 0.2) is 24.3 Å². The number of amides is 1. The Bertz CT molecular complexity index is 490. The number of aromatic carboxylic acids is 1. The van der Waals surface area contributed by atoms with Gasteiger partial charge in [-0.15, -0.1) is 0 Å². The molecule has 1 aliphatic heterocycles. The summed E-state index contributed by atoms with van der Waals surface area (Å²) >= 11 is 0. The number of hydrogen-bond acceptors (Lipinski definition) is 4. The van der Waals surface area contributed by atoms with E-state index in [9.17, 15) is 9.59 Å². The van der Waals surface area contributed by atoms with Crippen LogP contribution in [0.25, 0.3) is 0 Å². The SMILES string of the molecule is O=C1CCC(CNCCOc2cccc(C(=O)O)c2)N1. The van der Waals surface area contributed by atoms with Gasteiger partial charge >= 0.3 is 5.97 Å². The lowest BCUT2D eigenvalue weighted by Crippen LogP contribution is -2.37. The first-order valence-corrected chi connectivity index (χ1v) is 6.61. The van der Waals surface area contributed by atoms with Gasteiger partial charge in [-0.25, -0.2) is 4.79 Å². The van der Waals surface area contributed by atoms with E-state index >= 15 is 0 Å². The highest BCUT2D eigenvalue weighted by molar-refractivity contribution is 5.88. The van der Waals surface area contributed by atoms with E-state index in [0.29, 0.717) is 25.3 Å². The van der Waals surface area contributed by atoms with Gasteiger partial charge in [0.2, 0.25) is 5.91 Å². The van der Waals surface area contributed by atoms with Gasteiger partial charge in [-0.3, -0.25) is 4.79 Å². The molecule has 1 saturated heterocycles. The third-order valence-electron chi connectivity index (χ3n) is 3.10. The summed E-state index contributed by atoms with van der Waals surface area (Å²) in [6, 6.07) is 6.61. The molecular formula is C14H18N2O4. The van der Waals surface area contributed by atoms with Gasteiger partial charge in [0.15, 0.2) is 0 Å². The van der Waals surface area contributed by atoms with Crippen molar-refractivity contribution in [1.82, 2.24) is 10.6 Å². The molecule has 0 saturated carbocycles. The Balaban J connectivity index is 1.64. The third kappa shape index (κ3) is 4.24. The molecule has 6 heteroatoms. The Labute approximate surface area is 117 Å². The molecule has 1 heterocycles. The van der Waals surface area contributed by atoms with Crippen LogP contribution in [0.3, 0.4) is 0 Å². The van der Waals surface area contributed by atoms with Gasteiger partial charge in [-0.1, -0.05) is 6.07 Å². The lowest BCUT2D eigenvalue weighted by Gasteiger charge is -2.12. The Morgan fingerprint density at radius 3 is 3.05 bits per heavy atom. The number of carboxylic acid groups (broad SMARTS) is 1. The van der Waals surface area contributed by atoms with Gasteiger partial charge in [0.1, 0.15) is 12.4 Å². The molecule has 1 fully saturated rings. The normalized spacial score (nSPS) is 17.8. The summed E-state index contributed by atoms with van der Waals surface area (Å²) in [6.07, 6.45) is 1.47. The fourth-order valence-electron chi connectivity index (χ4n) is 2.07. The van der Waals surface area contributed by atoms with Crippen LogP contribution in [0.2, 0.25) is 0 Å². The standard InChI is InChI=1S/C14H18N2O4/c17-13-5-4-11(16-13)9-15-6-7-20-12-3-1-2-10(8-12)14(18)19/h1-3,8,11,15H,4-7,9H2,(H,16,17)(H,18,19). The van der Waals surface area contributed by atoms with Crippen molar-refractivity contribution in [3.05, 3.63) is 29.8 Å². The fraction of sp³-hybridized carbons (Fsp3) is 0.429. The van der Waals surface area contributed by atoms with Crippen LogP contribution in [0.4, 0.5) is 0 Å². The van der Waals surface area contributed by atoms with Crippen LogP contribution in [-0.4, -0.2) is 42.7 Å². The van der Waals surface area contributed by atoms with Gasteiger partial charge in [0.05, 0.1) is 5.56 Å². The van der Waals surface area contributed by atoms with Crippen molar-refractivity contribution in [1.29, 1.82) is 0 Å². The van der Waals surface area contributed by atoms with Crippen molar-refractivity contribution in [3.63, 3.8) is 0 Å². The minimum absolute atomic E-state index is 0.110. The monoisotopic (exact) mass is 278 g/mol. The highest BCUT2D eigenvalue weighted by atomic mass is 16.5. The van der Waals surface area contributed by atoms with Gasteiger partial charge < -0.3 is 20.5 Å². The predicted octanol–water partition coefficient (Wildman–Crippen LogP) is 0.632. The molecule has 6 nitrogen and oxygen atoms in total. The number of benzene rings is 1. The van der Waals surface area contributed by atoms with Crippen molar-refractivity contribution >= 4 is 11.9 Å². The number of carbonyl (C=O) groups excluding carboxylic acids is 1. The van der Waals surface area contributed by atoms with Crippen LogP contribution >= 0.6 is 0 Å². The number of nitrogens with one attached hydrogen (secondary N) is 2. The molecule has 20 heavy (non-hydrogen) atoms. The van der Waals surface area contributed by atoms with E-state index in [0.717, 1.165) is 13.0 Å². The summed E-state index contributed by atoms with van der Waals surface area (Å²) < 4.78 is 5.47. The van der Waals surface area contributed by atoms with Crippen LogP contribution in [0.1, 0.15) is 23.2 Å². The summed E-state index contributed by atoms with van der Waals surface area (Å²) in [5.74, 6) is -0.315. The van der Waals surface area contributed by atoms with E-state index < -0.39 is 5.97 Å². The summed E-state index contributed by atoms with van der Waals surface area (Å²) in [6.45, 7) is 1.82. The summed E-state index contributed by atoms with van der Waals surface area (Å²) in [4.78, 5) is 21.8. The number of ether oxygens (including phenoxy) is 1. The van der Waals surface area contributed by atoms with Gasteiger partial charge in [0, 0.05) is 25.6 Å². The van der Waals surface area contributed by atoms with Crippen molar-refractivity contribution < 1.29 is 19.4 Å². The highest BCUT2D eigenvalue weighted by Gasteiger charge is 2.19. The largest absolute Gasteiger partial charge is 0.492 e. The van der Waals surface area contributed by atoms with Gasteiger partial charge in [-0.2, -0.15) is 0 Å². The lowest BCUT2D eigenvalue weighted by molar-refractivity contribution is -0.119. The molecule has 0 aliphatic carbocycles. The second-order valence-electron chi connectivity index (χ2n) is 4.69. The minimum atomic E-state index is -0.967. The first kappa shape index (κ1) is 14.3. The van der Waals surface area contributed by atoms with E-state index in [-0.39, 0.29) is 17.5 Å². The van der Waals surface area contributed by atoms with Crippen molar-refractivity contribution in [2.45, 2.75) is 18.9 Å². The first-order chi connectivity index (χ1) is 9.65. The molecule has 1 atom stereocenters. The topological polar surface area (TPSA) is 87.7 Å². The molecule has 3 N–H and O–H groups in total. The molecule has 1 amide bonds. The van der Waals surface area contributed by atoms with E-state index in [1.807, 2.05) is 0 Å². The quantitative estimate of drug-likeness (QED) is 0.637. The zero-order valence-electron chi connectivity index (χ0n) is 11.1. The lowest BCUT2D eigenvalue weighted by atomic mass is 10.2. The molecule has 1 unspecified atom stereocenters. The second kappa shape index (κ2) is 6.91. The van der Waals surface area contributed by atoms with E-state index in [2.05, 4.69) is 10.6 Å². The molecular weight excluding hydrogens is 260 g/mol. The summed E-state index contributed by atoms with van der Waals surface area (Å²) in [7, 11) is 0. The number of carbonyl (C=O) groups is 2. The average Bonchev–Trinajstić information content (AvgIpc) is 2.84. The Morgan fingerprint density at radius 2 is 2.35 bits per heavy atom. The van der Waals surface area contributed by atoms with E-state index in [4.69, 9.17) is 9.84 Å². The van der Waals surface area contributed by atoms with Crippen LogP contribution in [0, 0.1) is 0 Å². The Kier molecular flexibility index (Phi) is 4.95. The molecule has 1 aromatic rings. The van der Waals surface area contributed by atoms with Crippen molar-refractivity contribution in [2.75, 3.05) is 19.7 Å². The van der Waals surface area contributed by atoms with Crippen molar-refractivity contribution in [3.8, 4) is 5.75 Å². The molecule has 0 radical (unpaired) electrons. The molecule has 1 aliphatic rings. The molecule has 0 spiro atoms. The average molecular weight is 278 g/mol. The number of rotatable bonds is 7. The van der Waals surface area contributed by atoms with Crippen LogP contribution in [-0.2, 0) is 4.79 Å². The van der Waals surface area contributed by atoms with Gasteiger partial charge in [0.25, 0.3) is 0 Å². The molecule has 2 rings (SSSR count). The zero-order valence-corrected chi connectivity index (χ0v) is 11.1. The Hall–Kier alpha value is -2.08. The summed E-state index contributed by atoms with van der Waals surface area (Å²) in [5.41, 5.74) is 0.212. The summed E-state index contributed by atoms with van der Waals surface area (Å²) in [5, 5.41) is 14.9. The van der Waals surface area contributed by atoms with Crippen LogP contribution in [0.5, 0.6) is 5.75 Å². The first-order valence-electron chi connectivity index (χ1n) is 6.61. The number of carboxylic acids is 1. The smallest absolute Gasteiger partial charge is 0.335 e. The number of hydrogen-bond donors (Lipinski definition) is 3. The van der Waals surface area contributed by atoms with Crippen LogP contribution < -0.4 is 15.4 Å². The fourth-order valence-corrected chi connectivity index (χ4v) is 2.07. The predicted molar refractivity (Wildman–Crippen MR) is 72.9 cm³/mol. The molecule has 0 aromatic heterocycles. The Morgan fingerprint density at radius 1 is 1.50 bits per heavy atom. The van der Waals surface area contributed by atoms with Crippen molar-refractivity contribution in [2.24, 2.45) is 0 Å². The maximum absolute atomic E-state index is 11.0. The second-order valence-corrected chi connectivity index (χ2v) is 4.69. The highest BCUT2D eigenvalue weighted by Crippen LogP contribution is 2.13. The maximum atomic E-state index is 11.0. The van der Waals surface area contributed by atoms with Gasteiger partial charge in [-0.05, 0) is 24.6 Å². The third-order valence-corrected chi connectivity index (χ3v) is 3.10. The van der Waals surface area contributed by atoms with E-state index in [1.54, 1.807) is 12.1 Å². The molecule has 1 aromatic carbocycles. The van der Waals surface area contributed by atoms with E-state index in [1.165, 1.54) is 12.1 Å². The zero-order chi connectivity index (χ0) is 14.4. The molecule has 108 valence electrons. The minimum Gasteiger partial charge on any atom is -0.492 e. The molecule has 0 bridgehead atoms. The maximum Gasteiger partial charge on any atom is 0.335 e.